The number of likely N-dealkylation sites (N-methyl/N-ethyl adjacent to an activating group) is 1. The second-order valence-electron chi connectivity index (χ2n) is 3.66. The van der Waals surface area contributed by atoms with Gasteiger partial charge in [-0.15, -0.1) is 0 Å². The fraction of sp³-hybridized carbons (Fsp3) is 0.364. The van der Waals surface area contributed by atoms with Crippen LogP contribution in [0.25, 0.3) is 0 Å². The third-order valence-corrected chi connectivity index (χ3v) is 2.55. The molecule has 4 heteroatoms. The average molecular weight is 205 g/mol. The van der Waals surface area contributed by atoms with Crippen molar-refractivity contribution in [3.63, 3.8) is 0 Å². The summed E-state index contributed by atoms with van der Waals surface area (Å²) >= 11 is 0. The second-order valence-corrected chi connectivity index (χ2v) is 3.66. The molecule has 1 aromatic carbocycles. The van der Waals surface area contributed by atoms with Gasteiger partial charge < -0.3 is 10.1 Å². The van der Waals surface area contributed by atoms with E-state index in [1.807, 2.05) is 24.3 Å². The summed E-state index contributed by atoms with van der Waals surface area (Å²) in [5, 5.41) is 8.56. The van der Waals surface area contributed by atoms with Gasteiger partial charge in [0.1, 0.15) is 5.84 Å². The minimum atomic E-state index is 0.475. The summed E-state index contributed by atoms with van der Waals surface area (Å²) in [5.74, 6) is 1.05. The van der Waals surface area contributed by atoms with E-state index in [2.05, 4.69) is 22.4 Å². The third kappa shape index (κ3) is 2.16. The Balaban J connectivity index is 2.16. The first kappa shape index (κ1) is 10.1. The molecule has 4 nitrogen and oxygen atoms in total. The Labute approximate surface area is 89.2 Å². The van der Waals surface area contributed by atoms with E-state index >= 15 is 0 Å². The zero-order valence-electron chi connectivity index (χ0n) is 8.77. The van der Waals surface area contributed by atoms with Crippen LogP contribution in [0.1, 0.15) is 11.1 Å². The van der Waals surface area contributed by atoms with Gasteiger partial charge in [-0.3, -0.25) is 4.99 Å². The van der Waals surface area contributed by atoms with Crippen molar-refractivity contribution in [1.82, 2.24) is 10.4 Å². The van der Waals surface area contributed by atoms with Gasteiger partial charge in [0, 0.05) is 25.7 Å². The van der Waals surface area contributed by atoms with Gasteiger partial charge in [-0.05, 0) is 5.56 Å². The first-order valence-electron chi connectivity index (χ1n) is 5.03. The number of hydrogen-bond acceptors (Lipinski definition) is 4. The highest BCUT2D eigenvalue weighted by molar-refractivity contribution is 5.99. The van der Waals surface area contributed by atoms with E-state index < -0.39 is 0 Å². The largest absolute Gasteiger partial charge is 0.358 e. The van der Waals surface area contributed by atoms with Gasteiger partial charge in [0.25, 0.3) is 0 Å². The van der Waals surface area contributed by atoms with Gasteiger partial charge in [0.05, 0.1) is 6.54 Å². The van der Waals surface area contributed by atoms with Crippen LogP contribution in [-0.4, -0.2) is 36.1 Å². The van der Waals surface area contributed by atoms with Crippen molar-refractivity contribution >= 4 is 5.84 Å². The molecule has 0 aliphatic carbocycles. The predicted molar refractivity (Wildman–Crippen MR) is 59.1 cm³/mol. The highest BCUT2D eigenvalue weighted by atomic mass is 16.5. The third-order valence-electron chi connectivity index (χ3n) is 2.55. The number of nitrogens with zero attached hydrogens (tertiary/aromatic N) is 2. The quantitative estimate of drug-likeness (QED) is 0.719. The van der Waals surface area contributed by atoms with Gasteiger partial charge in [0.2, 0.25) is 0 Å². The zero-order valence-corrected chi connectivity index (χ0v) is 8.77. The van der Waals surface area contributed by atoms with Gasteiger partial charge in [0.15, 0.2) is 0 Å². The van der Waals surface area contributed by atoms with Gasteiger partial charge in [-0.1, -0.05) is 24.3 Å². The van der Waals surface area contributed by atoms with Crippen molar-refractivity contribution in [1.29, 1.82) is 0 Å². The summed E-state index contributed by atoms with van der Waals surface area (Å²) in [4.78, 5) is 6.59. The molecule has 0 aromatic heterocycles. The monoisotopic (exact) mass is 205 g/mol. The Morgan fingerprint density at radius 3 is 2.67 bits per heavy atom. The lowest BCUT2D eigenvalue weighted by Crippen LogP contribution is -2.23. The lowest BCUT2D eigenvalue weighted by Gasteiger charge is -2.13. The van der Waals surface area contributed by atoms with E-state index in [0.29, 0.717) is 6.54 Å². The van der Waals surface area contributed by atoms with Gasteiger partial charge >= 0.3 is 0 Å². The molecule has 0 amide bonds. The predicted octanol–water partition coefficient (Wildman–Crippen LogP) is 0.857. The molecule has 0 saturated carbocycles. The molecule has 1 heterocycles. The molecule has 0 unspecified atom stereocenters. The van der Waals surface area contributed by atoms with E-state index in [-0.39, 0.29) is 0 Å². The summed E-state index contributed by atoms with van der Waals surface area (Å²) < 4.78 is 0. The number of hydroxylamine groups is 1. The molecule has 80 valence electrons. The fourth-order valence-electron chi connectivity index (χ4n) is 1.71. The number of nitrogens with one attached hydrogen (secondary N) is 1. The highest BCUT2D eigenvalue weighted by Gasteiger charge is 2.13. The maximum Gasteiger partial charge on any atom is 0.130 e. The van der Waals surface area contributed by atoms with Crippen LogP contribution in [0.4, 0.5) is 0 Å². The summed E-state index contributed by atoms with van der Waals surface area (Å²) in [6.07, 6.45) is 0. The number of amidine groups is 1. The lowest BCUT2D eigenvalue weighted by atomic mass is 10.1. The molecule has 0 bridgehead atoms. The normalized spacial score (nSPS) is 15.6. The minimum Gasteiger partial charge on any atom is -0.358 e. The average Bonchev–Trinajstić information content (AvgIpc) is 2.66. The summed E-state index contributed by atoms with van der Waals surface area (Å²) in [6.45, 7) is 2.35. The van der Waals surface area contributed by atoms with Crippen LogP contribution in [0.3, 0.4) is 0 Å². The van der Waals surface area contributed by atoms with Crippen LogP contribution in [0.15, 0.2) is 29.3 Å². The number of rotatable bonds is 3. The fourth-order valence-corrected chi connectivity index (χ4v) is 1.71. The molecule has 1 aromatic rings. The molecule has 15 heavy (non-hydrogen) atoms. The molecule has 1 aliphatic rings. The summed E-state index contributed by atoms with van der Waals surface area (Å²) in [6, 6.07) is 8.06. The molecule has 1 aliphatic heterocycles. The van der Waals surface area contributed by atoms with Gasteiger partial charge in [-0.2, -0.15) is 0 Å². The highest BCUT2D eigenvalue weighted by Crippen LogP contribution is 2.11. The number of benzene rings is 1. The molecule has 0 atom stereocenters. The Morgan fingerprint density at radius 2 is 2.13 bits per heavy atom. The van der Waals surface area contributed by atoms with Crippen LogP contribution in [0, 0.1) is 0 Å². The van der Waals surface area contributed by atoms with Crippen molar-refractivity contribution in [2.24, 2.45) is 4.99 Å². The number of hydrogen-bond donors (Lipinski definition) is 2. The Kier molecular flexibility index (Phi) is 2.99. The Bertz CT molecular complexity index is 359. The zero-order chi connectivity index (χ0) is 10.7. The van der Waals surface area contributed by atoms with Crippen LogP contribution >= 0.6 is 0 Å². The Hall–Kier alpha value is -1.39. The van der Waals surface area contributed by atoms with Crippen molar-refractivity contribution in [2.45, 2.75) is 6.54 Å². The van der Waals surface area contributed by atoms with Crippen LogP contribution < -0.4 is 5.48 Å². The number of aliphatic imine (C=N–C) groups is 1. The molecule has 0 saturated heterocycles. The molecule has 0 radical (unpaired) electrons. The van der Waals surface area contributed by atoms with Crippen molar-refractivity contribution < 1.29 is 5.21 Å². The van der Waals surface area contributed by atoms with E-state index in [4.69, 9.17) is 5.21 Å². The smallest absolute Gasteiger partial charge is 0.130 e. The molecule has 0 spiro atoms. The SMILES string of the molecule is CN1CCN=C1c1ccc(CNO)cc1. The molecular formula is C11H15N3O. The van der Waals surface area contributed by atoms with E-state index in [9.17, 15) is 0 Å². The first-order valence-corrected chi connectivity index (χ1v) is 5.03. The van der Waals surface area contributed by atoms with Crippen LogP contribution in [0.2, 0.25) is 0 Å². The molecule has 0 fully saturated rings. The van der Waals surface area contributed by atoms with Crippen molar-refractivity contribution in [3.05, 3.63) is 35.4 Å². The van der Waals surface area contributed by atoms with E-state index in [1.165, 1.54) is 0 Å². The maximum absolute atomic E-state index is 8.56. The Morgan fingerprint density at radius 1 is 1.40 bits per heavy atom. The standard InChI is InChI=1S/C11H15N3O/c1-14-7-6-12-11(14)10-4-2-9(3-5-10)8-13-15/h2-5,13,15H,6-8H2,1H3. The van der Waals surface area contributed by atoms with Crippen LogP contribution in [0.5, 0.6) is 0 Å². The van der Waals surface area contributed by atoms with Gasteiger partial charge in [-0.25, -0.2) is 5.48 Å². The minimum absolute atomic E-state index is 0.475. The summed E-state index contributed by atoms with van der Waals surface area (Å²) in [7, 11) is 2.05. The first-order chi connectivity index (χ1) is 7.31. The molecule has 2 N–H and O–H groups in total. The topological polar surface area (TPSA) is 47.9 Å². The van der Waals surface area contributed by atoms with Crippen molar-refractivity contribution in [3.8, 4) is 0 Å². The van der Waals surface area contributed by atoms with E-state index in [0.717, 1.165) is 30.1 Å². The van der Waals surface area contributed by atoms with Crippen LogP contribution in [-0.2, 0) is 6.54 Å². The van der Waals surface area contributed by atoms with E-state index in [1.54, 1.807) is 0 Å². The van der Waals surface area contributed by atoms with Crippen molar-refractivity contribution in [2.75, 3.05) is 20.1 Å². The second kappa shape index (κ2) is 4.42. The molecule has 2 rings (SSSR count). The molecular weight excluding hydrogens is 190 g/mol. The maximum atomic E-state index is 8.56. The lowest BCUT2D eigenvalue weighted by molar-refractivity contribution is 0.161. The summed E-state index contributed by atoms with van der Waals surface area (Å²) in [5.41, 5.74) is 4.33.